The van der Waals surface area contributed by atoms with Crippen LogP contribution in [0.5, 0.6) is 0 Å². The van der Waals surface area contributed by atoms with Gasteiger partial charge in [-0.05, 0) is 0 Å². The SMILES string of the molecule is O=S(=O)=C1C=NOC1. The molecule has 0 amide bonds. The first kappa shape index (κ1) is 5.30. The highest BCUT2D eigenvalue weighted by atomic mass is 32.2. The summed E-state index contributed by atoms with van der Waals surface area (Å²) in [6.07, 6.45) is 1.18. The van der Waals surface area contributed by atoms with Gasteiger partial charge in [0.15, 0.2) is 6.61 Å². The van der Waals surface area contributed by atoms with Crippen LogP contribution in [0.1, 0.15) is 0 Å². The van der Waals surface area contributed by atoms with Crippen LogP contribution >= 0.6 is 0 Å². The van der Waals surface area contributed by atoms with E-state index in [4.69, 9.17) is 0 Å². The first-order valence-electron chi connectivity index (χ1n) is 1.91. The van der Waals surface area contributed by atoms with E-state index in [1.165, 1.54) is 6.21 Å². The van der Waals surface area contributed by atoms with Crippen LogP contribution in [-0.4, -0.2) is 26.1 Å². The van der Waals surface area contributed by atoms with Crippen molar-refractivity contribution in [2.45, 2.75) is 0 Å². The average Bonchev–Trinajstić information content (AvgIpc) is 2.12. The molecule has 1 aliphatic heterocycles. The van der Waals surface area contributed by atoms with Crippen LogP contribution in [-0.2, 0) is 15.1 Å². The van der Waals surface area contributed by atoms with E-state index >= 15 is 0 Å². The Morgan fingerprint density at radius 1 is 1.75 bits per heavy atom. The molecule has 0 atom stereocenters. The lowest BCUT2D eigenvalue weighted by Crippen LogP contribution is -2.00. The summed E-state index contributed by atoms with van der Waals surface area (Å²) in [5.41, 5.74) is 0. The first-order valence-corrected chi connectivity index (χ1v) is 2.98. The molecule has 5 heteroatoms. The molecule has 0 radical (unpaired) electrons. The van der Waals surface area contributed by atoms with E-state index < -0.39 is 10.3 Å². The molecule has 0 saturated heterocycles. The first-order chi connectivity index (χ1) is 3.80. The molecule has 0 saturated carbocycles. The summed E-state index contributed by atoms with van der Waals surface area (Å²) < 4.78 is 20.0. The van der Waals surface area contributed by atoms with E-state index in [1.54, 1.807) is 0 Å². The van der Waals surface area contributed by atoms with Crippen molar-refractivity contribution in [2.75, 3.05) is 6.61 Å². The van der Waals surface area contributed by atoms with Gasteiger partial charge in [0.05, 0.1) is 6.21 Å². The van der Waals surface area contributed by atoms with Crippen molar-refractivity contribution in [3.8, 4) is 0 Å². The maximum Gasteiger partial charge on any atom is 0.222 e. The minimum atomic E-state index is -2.15. The Labute approximate surface area is 47.3 Å². The summed E-state index contributed by atoms with van der Waals surface area (Å²) in [7, 11) is -2.15. The van der Waals surface area contributed by atoms with Gasteiger partial charge in [-0.15, -0.1) is 0 Å². The fraction of sp³-hybridized carbons (Fsp3) is 0.333. The third-order valence-electron chi connectivity index (χ3n) is 0.692. The van der Waals surface area contributed by atoms with Gasteiger partial charge in [0, 0.05) is 0 Å². The summed E-state index contributed by atoms with van der Waals surface area (Å²) in [5, 5.41) is 3.23. The fourth-order valence-electron chi connectivity index (χ4n) is 0.325. The van der Waals surface area contributed by atoms with Gasteiger partial charge in [-0.1, -0.05) is 5.16 Å². The predicted molar refractivity (Wildman–Crippen MR) is 28.4 cm³/mol. The molecule has 0 N–H and O–H groups in total. The number of hydrogen-bond donors (Lipinski definition) is 0. The highest BCUT2D eigenvalue weighted by molar-refractivity contribution is 7.74. The van der Waals surface area contributed by atoms with E-state index in [0.29, 0.717) is 0 Å². The smallest absolute Gasteiger partial charge is 0.222 e. The Bertz CT molecular complexity index is 229. The molecule has 0 bridgehead atoms. The maximum absolute atomic E-state index is 9.99. The van der Waals surface area contributed by atoms with Crippen molar-refractivity contribution < 1.29 is 13.3 Å². The fourth-order valence-corrected chi connectivity index (χ4v) is 0.603. The molecule has 1 aliphatic rings. The number of rotatable bonds is 0. The molecular formula is C3H3NO3S. The second-order valence-electron chi connectivity index (χ2n) is 1.21. The summed E-state index contributed by atoms with van der Waals surface area (Å²) >= 11 is 0. The van der Waals surface area contributed by atoms with Crippen molar-refractivity contribution in [1.29, 1.82) is 0 Å². The van der Waals surface area contributed by atoms with E-state index in [2.05, 4.69) is 9.99 Å². The lowest BCUT2D eigenvalue weighted by molar-refractivity contribution is 0.198. The highest BCUT2D eigenvalue weighted by Crippen LogP contribution is 1.85. The van der Waals surface area contributed by atoms with Crippen LogP contribution in [0.15, 0.2) is 5.16 Å². The third-order valence-corrected chi connectivity index (χ3v) is 1.34. The van der Waals surface area contributed by atoms with Crippen molar-refractivity contribution in [1.82, 2.24) is 0 Å². The monoisotopic (exact) mass is 133 g/mol. The zero-order valence-corrected chi connectivity index (χ0v) is 4.68. The van der Waals surface area contributed by atoms with Crippen molar-refractivity contribution in [3.05, 3.63) is 0 Å². The molecule has 1 heterocycles. The molecule has 0 unspecified atom stereocenters. The third kappa shape index (κ3) is 0.865. The zero-order valence-electron chi connectivity index (χ0n) is 3.86. The van der Waals surface area contributed by atoms with Gasteiger partial charge in [0.2, 0.25) is 10.3 Å². The van der Waals surface area contributed by atoms with Gasteiger partial charge in [0.1, 0.15) is 4.86 Å². The molecule has 0 aromatic rings. The van der Waals surface area contributed by atoms with Gasteiger partial charge < -0.3 is 4.84 Å². The van der Waals surface area contributed by atoms with Crippen LogP contribution in [0, 0.1) is 0 Å². The van der Waals surface area contributed by atoms with Crippen molar-refractivity contribution in [2.24, 2.45) is 5.16 Å². The zero-order chi connectivity index (χ0) is 5.98. The molecule has 1 rings (SSSR count). The van der Waals surface area contributed by atoms with Crippen LogP contribution in [0.3, 0.4) is 0 Å². The Morgan fingerprint density at radius 3 is 2.75 bits per heavy atom. The van der Waals surface area contributed by atoms with Crippen LogP contribution < -0.4 is 0 Å². The Hall–Kier alpha value is -0.840. The largest absolute Gasteiger partial charge is 0.390 e. The lowest BCUT2D eigenvalue weighted by Gasteiger charge is -1.77. The lowest BCUT2D eigenvalue weighted by atomic mass is 10.5. The van der Waals surface area contributed by atoms with E-state index in [0.717, 1.165) is 0 Å². The Morgan fingerprint density at radius 2 is 2.50 bits per heavy atom. The summed E-state index contributed by atoms with van der Waals surface area (Å²) in [4.78, 5) is 4.56. The highest BCUT2D eigenvalue weighted by Gasteiger charge is 2.03. The molecule has 0 spiro atoms. The van der Waals surface area contributed by atoms with Gasteiger partial charge in [-0.25, -0.2) is 0 Å². The van der Waals surface area contributed by atoms with E-state index in [9.17, 15) is 8.42 Å². The second kappa shape index (κ2) is 1.95. The Kier molecular flexibility index (Phi) is 1.29. The summed E-state index contributed by atoms with van der Waals surface area (Å²) in [5.74, 6) is 0. The average molecular weight is 133 g/mol. The minimum Gasteiger partial charge on any atom is -0.390 e. The van der Waals surface area contributed by atoms with Crippen LogP contribution in [0.4, 0.5) is 0 Å². The van der Waals surface area contributed by atoms with Gasteiger partial charge in [-0.2, -0.15) is 8.42 Å². The van der Waals surface area contributed by atoms with Crippen LogP contribution in [0.2, 0.25) is 0 Å². The summed E-state index contributed by atoms with van der Waals surface area (Å²) in [6, 6.07) is 0. The molecule has 8 heavy (non-hydrogen) atoms. The van der Waals surface area contributed by atoms with Gasteiger partial charge in [0.25, 0.3) is 0 Å². The minimum absolute atomic E-state index is 0.0795. The van der Waals surface area contributed by atoms with Crippen molar-refractivity contribution in [3.63, 3.8) is 0 Å². The Balaban J connectivity index is 3.07. The molecule has 0 aromatic heterocycles. The second-order valence-corrected chi connectivity index (χ2v) is 2.20. The molecule has 4 nitrogen and oxygen atoms in total. The normalized spacial score (nSPS) is 16.2. The topological polar surface area (TPSA) is 55.7 Å². The molecule has 0 fully saturated rings. The van der Waals surface area contributed by atoms with Gasteiger partial charge in [-0.3, -0.25) is 0 Å². The quantitative estimate of drug-likeness (QED) is 0.400. The number of hydrogen-bond acceptors (Lipinski definition) is 4. The van der Waals surface area contributed by atoms with Gasteiger partial charge >= 0.3 is 0 Å². The predicted octanol–water partition coefficient (Wildman–Crippen LogP) is -0.946. The molecule has 44 valence electrons. The van der Waals surface area contributed by atoms with E-state index in [1.807, 2.05) is 0 Å². The standard InChI is InChI=1S/C3H3NO3S/c5-8(6)3-1-4-7-2-3/h1H,2H2. The molecular weight excluding hydrogens is 130 g/mol. The summed E-state index contributed by atoms with van der Waals surface area (Å²) in [6.45, 7) is 0.0795. The molecule has 0 aromatic carbocycles. The maximum atomic E-state index is 9.99. The van der Waals surface area contributed by atoms with Crippen molar-refractivity contribution >= 4 is 21.4 Å². The van der Waals surface area contributed by atoms with E-state index in [-0.39, 0.29) is 11.5 Å². The number of nitrogens with zero attached hydrogens (tertiary/aromatic N) is 1. The number of oxime groups is 1. The van der Waals surface area contributed by atoms with Crippen LogP contribution in [0.25, 0.3) is 0 Å². The molecule has 0 aliphatic carbocycles.